The Balaban J connectivity index is 1.70. The van der Waals surface area contributed by atoms with E-state index >= 15 is 0 Å². The number of carbonyl (C=O) groups is 3. The van der Waals surface area contributed by atoms with Crippen molar-refractivity contribution in [2.75, 3.05) is 31.7 Å². The number of nitrogens with one attached hydrogen (secondary N) is 1. The lowest BCUT2D eigenvalue weighted by Crippen LogP contribution is -2.60. The van der Waals surface area contributed by atoms with Gasteiger partial charge in [0.15, 0.2) is 0 Å². The predicted octanol–water partition coefficient (Wildman–Crippen LogP) is 4.61. The van der Waals surface area contributed by atoms with Crippen molar-refractivity contribution in [2.45, 2.75) is 39.2 Å². The van der Waals surface area contributed by atoms with Gasteiger partial charge in [0.05, 0.1) is 11.0 Å². The zero-order valence-corrected chi connectivity index (χ0v) is 21.8. The van der Waals surface area contributed by atoms with Crippen LogP contribution in [0.3, 0.4) is 0 Å². The largest absolute Gasteiger partial charge is 0.480 e. The van der Waals surface area contributed by atoms with E-state index in [2.05, 4.69) is 29.6 Å². The van der Waals surface area contributed by atoms with Crippen molar-refractivity contribution in [2.24, 2.45) is 5.41 Å². The van der Waals surface area contributed by atoms with Gasteiger partial charge in [-0.15, -0.1) is 0 Å². The molecule has 8 heteroatoms. The van der Waals surface area contributed by atoms with Gasteiger partial charge in [-0.25, -0.2) is 4.79 Å². The van der Waals surface area contributed by atoms with E-state index in [4.69, 9.17) is 4.74 Å². The zero-order valence-electron chi connectivity index (χ0n) is 21.0. The second-order valence-corrected chi connectivity index (χ2v) is 10.8. The number of aliphatic carboxylic acids is 1. The number of fused-ring (bicyclic) bond motifs is 3. The summed E-state index contributed by atoms with van der Waals surface area (Å²) in [7, 11) is 0. The first kappa shape index (κ1) is 26.6. The van der Waals surface area contributed by atoms with Crippen molar-refractivity contribution >= 4 is 29.7 Å². The number of carboxylic acid groups (broad SMARTS) is 1. The maximum atomic E-state index is 13.3. The Bertz CT molecular complexity index is 1050. The average Bonchev–Trinajstić information content (AvgIpc) is 3.13. The van der Waals surface area contributed by atoms with Crippen LogP contribution in [0.25, 0.3) is 11.1 Å². The Labute approximate surface area is 211 Å². The van der Waals surface area contributed by atoms with Crippen LogP contribution < -0.4 is 5.32 Å². The molecule has 0 saturated carbocycles. The van der Waals surface area contributed by atoms with Gasteiger partial charge in [-0.05, 0) is 56.2 Å². The standard InChI is InChI=1S/C27H34N2O5S/c1-26(2,24(32)29(14-15-35-5)16-23(30)31)27(3,4)28-25(33)34-17-22-20-12-8-6-10-18(20)19-11-7-9-13-21(19)22/h6-13,22H,14-17H2,1-5H3,(H,28,33)(H,30,31). The summed E-state index contributed by atoms with van der Waals surface area (Å²) >= 11 is 1.54. The van der Waals surface area contributed by atoms with Crippen LogP contribution in [-0.4, -0.2) is 65.2 Å². The molecule has 2 aromatic carbocycles. The topological polar surface area (TPSA) is 95.9 Å². The number of carbonyl (C=O) groups excluding carboxylic acids is 2. The molecular weight excluding hydrogens is 464 g/mol. The Morgan fingerprint density at radius 1 is 1.00 bits per heavy atom. The van der Waals surface area contributed by atoms with Crippen LogP contribution in [0, 0.1) is 5.41 Å². The van der Waals surface area contributed by atoms with E-state index < -0.39 is 23.0 Å². The molecule has 0 unspecified atom stereocenters. The van der Waals surface area contributed by atoms with E-state index in [1.165, 1.54) is 16.7 Å². The third-order valence-electron chi connectivity index (χ3n) is 7.03. The van der Waals surface area contributed by atoms with Crippen LogP contribution in [0.15, 0.2) is 48.5 Å². The molecule has 35 heavy (non-hydrogen) atoms. The van der Waals surface area contributed by atoms with Crippen molar-refractivity contribution < 1.29 is 24.2 Å². The van der Waals surface area contributed by atoms with Crippen LogP contribution in [0.5, 0.6) is 0 Å². The molecular formula is C27H34N2O5S. The summed E-state index contributed by atoms with van der Waals surface area (Å²) in [6.07, 6.45) is 1.28. The fourth-order valence-electron chi connectivity index (χ4n) is 4.33. The lowest BCUT2D eigenvalue weighted by atomic mass is 9.73. The molecule has 0 bridgehead atoms. The van der Waals surface area contributed by atoms with Crippen molar-refractivity contribution in [3.05, 3.63) is 59.7 Å². The fourth-order valence-corrected chi connectivity index (χ4v) is 4.73. The number of ether oxygens (including phenoxy) is 1. The molecule has 3 rings (SSSR count). The summed E-state index contributed by atoms with van der Waals surface area (Å²) in [5.41, 5.74) is 2.46. The summed E-state index contributed by atoms with van der Waals surface area (Å²) in [5.74, 6) is -0.853. The fraction of sp³-hybridized carbons (Fsp3) is 0.444. The molecule has 0 atom stereocenters. The van der Waals surface area contributed by atoms with Crippen LogP contribution in [-0.2, 0) is 14.3 Å². The average molecular weight is 499 g/mol. The first-order valence-corrected chi connectivity index (χ1v) is 13.0. The number of alkyl carbamates (subject to hydrolysis) is 1. The van der Waals surface area contributed by atoms with Crippen LogP contribution in [0.2, 0.25) is 0 Å². The Hall–Kier alpha value is -3.00. The van der Waals surface area contributed by atoms with Crippen molar-refractivity contribution in [3.8, 4) is 11.1 Å². The van der Waals surface area contributed by atoms with Crippen molar-refractivity contribution in [1.82, 2.24) is 10.2 Å². The summed E-state index contributed by atoms with van der Waals surface area (Å²) in [5, 5.41) is 12.1. The highest BCUT2D eigenvalue weighted by Gasteiger charge is 2.47. The van der Waals surface area contributed by atoms with Gasteiger partial charge in [0.1, 0.15) is 13.2 Å². The summed E-state index contributed by atoms with van der Waals surface area (Å²) in [4.78, 5) is 38.9. The van der Waals surface area contributed by atoms with E-state index in [1.807, 2.05) is 30.5 Å². The minimum Gasteiger partial charge on any atom is -0.480 e. The number of rotatable bonds is 10. The van der Waals surface area contributed by atoms with E-state index in [9.17, 15) is 19.5 Å². The van der Waals surface area contributed by atoms with Gasteiger partial charge in [0.2, 0.25) is 5.91 Å². The Morgan fingerprint density at radius 2 is 1.54 bits per heavy atom. The second-order valence-electron chi connectivity index (χ2n) is 9.81. The highest BCUT2D eigenvalue weighted by molar-refractivity contribution is 7.98. The monoisotopic (exact) mass is 498 g/mol. The number of carboxylic acids is 1. The van der Waals surface area contributed by atoms with Gasteiger partial charge < -0.3 is 20.1 Å². The normalized spacial score (nSPS) is 13.1. The molecule has 0 saturated heterocycles. The van der Waals surface area contributed by atoms with Crippen LogP contribution in [0.1, 0.15) is 44.7 Å². The molecule has 1 aliphatic rings. The van der Waals surface area contributed by atoms with Gasteiger partial charge >= 0.3 is 12.1 Å². The molecule has 0 heterocycles. The SMILES string of the molecule is CSCCN(CC(=O)O)C(=O)C(C)(C)C(C)(C)NC(=O)OCC1c2ccccc2-c2ccccc21. The first-order valence-electron chi connectivity index (χ1n) is 11.6. The number of amides is 2. The summed E-state index contributed by atoms with van der Waals surface area (Å²) in [6.45, 7) is 7.03. The Kier molecular flexibility index (Phi) is 8.15. The Morgan fingerprint density at radius 3 is 2.06 bits per heavy atom. The maximum Gasteiger partial charge on any atom is 0.407 e. The molecule has 0 spiro atoms. The van der Waals surface area contributed by atoms with Crippen LogP contribution in [0.4, 0.5) is 4.79 Å². The minimum atomic E-state index is -1.08. The molecule has 2 N–H and O–H groups in total. The molecule has 7 nitrogen and oxygen atoms in total. The third-order valence-corrected chi connectivity index (χ3v) is 7.62. The molecule has 0 aromatic heterocycles. The van der Waals surface area contributed by atoms with E-state index in [-0.39, 0.29) is 25.0 Å². The molecule has 0 radical (unpaired) electrons. The number of hydrogen-bond acceptors (Lipinski definition) is 5. The van der Waals surface area contributed by atoms with Gasteiger partial charge in [-0.3, -0.25) is 9.59 Å². The van der Waals surface area contributed by atoms with Gasteiger partial charge in [0, 0.05) is 18.2 Å². The van der Waals surface area contributed by atoms with Crippen molar-refractivity contribution in [1.29, 1.82) is 0 Å². The number of hydrogen-bond donors (Lipinski definition) is 2. The van der Waals surface area contributed by atoms with E-state index in [1.54, 1.807) is 27.7 Å². The lowest BCUT2D eigenvalue weighted by Gasteiger charge is -2.43. The molecule has 1 aliphatic carbocycles. The lowest BCUT2D eigenvalue weighted by molar-refractivity contribution is -0.151. The molecule has 0 fully saturated rings. The van der Waals surface area contributed by atoms with Gasteiger partial charge in [0.25, 0.3) is 0 Å². The first-order chi connectivity index (χ1) is 16.5. The molecule has 2 amide bonds. The molecule has 0 aliphatic heterocycles. The quantitative estimate of drug-likeness (QED) is 0.497. The molecule has 2 aromatic rings. The molecule has 188 valence electrons. The smallest absolute Gasteiger partial charge is 0.407 e. The minimum absolute atomic E-state index is 0.0662. The highest BCUT2D eigenvalue weighted by Crippen LogP contribution is 2.44. The van der Waals surface area contributed by atoms with Crippen LogP contribution >= 0.6 is 11.8 Å². The number of nitrogens with zero attached hydrogens (tertiary/aromatic N) is 1. The van der Waals surface area contributed by atoms with E-state index in [0.29, 0.717) is 12.3 Å². The van der Waals surface area contributed by atoms with Crippen molar-refractivity contribution in [3.63, 3.8) is 0 Å². The van der Waals surface area contributed by atoms with E-state index in [0.717, 1.165) is 22.3 Å². The zero-order chi connectivity index (χ0) is 25.8. The highest BCUT2D eigenvalue weighted by atomic mass is 32.2. The predicted molar refractivity (Wildman–Crippen MR) is 139 cm³/mol. The summed E-state index contributed by atoms with van der Waals surface area (Å²) < 4.78 is 5.67. The maximum absolute atomic E-state index is 13.3. The second kappa shape index (κ2) is 10.7. The third kappa shape index (κ3) is 5.64. The van der Waals surface area contributed by atoms with Gasteiger partial charge in [-0.1, -0.05) is 48.5 Å². The van der Waals surface area contributed by atoms with Gasteiger partial charge in [-0.2, -0.15) is 11.8 Å². The summed E-state index contributed by atoms with van der Waals surface area (Å²) in [6, 6.07) is 16.2. The number of thioether (sulfide) groups is 1. The number of benzene rings is 2.